The average Bonchev–Trinajstić information content (AvgIpc) is 2.35. The number of benzene rings is 1. The highest BCUT2D eigenvalue weighted by Gasteiger charge is 2.14. The van der Waals surface area contributed by atoms with Crippen molar-refractivity contribution in [1.82, 2.24) is 0 Å². The molecule has 20 heavy (non-hydrogen) atoms. The van der Waals surface area contributed by atoms with E-state index in [0.717, 1.165) is 11.8 Å². The summed E-state index contributed by atoms with van der Waals surface area (Å²) in [6.07, 6.45) is 0.993. The Morgan fingerprint density at radius 1 is 1.10 bits per heavy atom. The van der Waals surface area contributed by atoms with Crippen LogP contribution < -0.4 is 10.5 Å². The summed E-state index contributed by atoms with van der Waals surface area (Å²) in [5.74, 6) is 4.60. The zero-order chi connectivity index (χ0) is 15.2. The topological polar surface area (TPSA) is 106 Å². The van der Waals surface area contributed by atoms with Crippen molar-refractivity contribution in [2.24, 2.45) is 5.73 Å². The number of sulfonamides is 1. The largest absolute Gasteiger partial charge is 0.320 e. The first-order valence-electron chi connectivity index (χ1n) is 5.69. The van der Waals surface area contributed by atoms with E-state index in [2.05, 4.69) is 16.6 Å². The average molecular weight is 316 g/mol. The predicted molar refractivity (Wildman–Crippen MR) is 79.5 cm³/mol. The molecule has 0 unspecified atom stereocenters. The maximum absolute atomic E-state index is 11.7. The zero-order valence-electron chi connectivity index (χ0n) is 11.0. The minimum Gasteiger partial charge on any atom is -0.320 e. The molecule has 1 aromatic carbocycles. The van der Waals surface area contributed by atoms with Crippen LogP contribution in [0.2, 0.25) is 0 Å². The second kappa shape index (κ2) is 6.74. The molecule has 0 aliphatic carbocycles. The van der Waals surface area contributed by atoms with Crippen LogP contribution in [0.5, 0.6) is 0 Å². The van der Waals surface area contributed by atoms with Crippen LogP contribution in [-0.4, -0.2) is 41.1 Å². The lowest BCUT2D eigenvalue weighted by Gasteiger charge is -2.07. The molecule has 0 amide bonds. The number of hydrogen-bond donors (Lipinski definition) is 2. The van der Waals surface area contributed by atoms with Crippen LogP contribution >= 0.6 is 0 Å². The summed E-state index contributed by atoms with van der Waals surface area (Å²) in [7, 11) is -7.00. The summed E-state index contributed by atoms with van der Waals surface area (Å²) in [6, 6.07) is 6.41. The van der Waals surface area contributed by atoms with E-state index in [-0.39, 0.29) is 6.54 Å². The molecule has 0 spiro atoms. The molecule has 0 saturated heterocycles. The van der Waals surface area contributed by atoms with E-state index in [0.29, 0.717) is 5.69 Å². The Bertz CT molecular complexity index is 711. The van der Waals surface area contributed by atoms with E-state index < -0.39 is 31.4 Å². The van der Waals surface area contributed by atoms with Crippen LogP contribution in [0.4, 0.5) is 5.69 Å². The van der Waals surface area contributed by atoms with Gasteiger partial charge in [0.1, 0.15) is 9.84 Å². The minimum absolute atomic E-state index is 0.250. The first-order valence-corrected chi connectivity index (χ1v) is 9.40. The Kier molecular flexibility index (Phi) is 5.56. The molecule has 0 heterocycles. The van der Waals surface area contributed by atoms with Crippen molar-refractivity contribution in [1.29, 1.82) is 0 Å². The van der Waals surface area contributed by atoms with Gasteiger partial charge in [-0.05, 0) is 24.3 Å². The van der Waals surface area contributed by atoms with E-state index in [1.807, 2.05) is 0 Å². The standard InChI is InChI=1S/C12H16N2O4S2/c1-19(15,16)9-10-20(17,18)14-12-6-4-11(5-7-12)3-2-8-13/h4-7,14H,8-10,13H2,1H3. The number of anilines is 1. The summed E-state index contributed by atoms with van der Waals surface area (Å²) in [5, 5.41) is 0. The Balaban J connectivity index is 2.73. The van der Waals surface area contributed by atoms with Crippen LogP contribution in [0.1, 0.15) is 5.56 Å². The molecule has 0 bridgehead atoms. The van der Waals surface area contributed by atoms with E-state index in [4.69, 9.17) is 5.73 Å². The lowest BCUT2D eigenvalue weighted by Crippen LogP contribution is -2.22. The molecule has 110 valence electrons. The van der Waals surface area contributed by atoms with Crippen molar-refractivity contribution in [2.75, 3.05) is 29.0 Å². The van der Waals surface area contributed by atoms with E-state index in [9.17, 15) is 16.8 Å². The fourth-order valence-electron chi connectivity index (χ4n) is 1.27. The second-order valence-electron chi connectivity index (χ2n) is 4.13. The van der Waals surface area contributed by atoms with Crippen molar-refractivity contribution in [2.45, 2.75) is 0 Å². The highest BCUT2D eigenvalue weighted by atomic mass is 32.2. The number of hydrogen-bond acceptors (Lipinski definition) is 5. The fourth-order valence-corrected chi connectivity index (χ4v) is 3.95. The van der Waals surface area contributed by atoms with E-state index in [1.165, 1.54) is 0 Å². The molecule has 0 radical (unpaired) electrons. The highest BCUT2D eigenvalue weighted by Crippen LogP contribution is 2.11. The van der Waals surface area contributed by atoms with Crippen molar-refractivity contribution in [3.8, 4) is 11.8 Å². The van der Waals surface area contributed by atoms with Gasteiger partial charge in [-0.2, -0.15) is 0 Å². The molecule has 1 rings (SSSR count). The van der Waals surface area contributed by atoms with Gasteiger partial charge < -0.3 is 5.73 Å². The Labute approximate surface area is 119 Å². The summed E-state index contributed by atoms with van der Waals surface area (Å²) in [4.78, 5) is 0. The number of nitrogens with one attached hydrogen (secondary N) is 1. The van der Waals surface area contributed by atoms with Gasteiger partial charge in [0.2, 0.25) is 10.0 Å². The van der Waals surface area contributed by atoms with Crippen molar-refractivity contribution < 1.29 is 16.8 Å². The highest BCUT2D eigenvalue weighted by molar-refractivity contribution is 7.95. The molecule has 0 aliphatic rings. The van der Waals surface area contributed by atoms with Gasteiger partial charge in [-0.15, -0.1) is 0 Å². The third kappa shape index (κ3) is 6.56. The van der Waals surface area contributed by atoms with Crippen LogP contribution in [0, 0.1) is 11.8 Å². The molecule has 0 aliphatic heterocycles. The van der Waals surface area contributed by atoms with E-state index >= 15 is 0 Å². The quantitative estimate of drug-likeness (QED) is 0.731. The van der Waals surface area contributed by atoms with Crippen LogP contribution in [0.25, 0.3) is 0 Å². The minimum atomic E-state index is -3.68. The maximum atomic E-state index is 11.7. The molecule has 8 heteroatoms. The Morgan fingerprint density at radius 2 is 1.70 bits per heavy atom. The van der Waals surface area contributed by atoms with Gasteiger partial charge in [0.25, 0.3) is 0 Å². The Hall–Kier alpha value is -1.56. The first kappa shape index (κ1) is 16.5. The first-order chi connectivity index (χ1) is 9.22. The lowest BCUT2D eigenvalue weighted by molar-refractivity contribution is 0.593. The van der Waals surface area contributed by atoms with Crippen molar-refractivity contribution >= 4 is 25.5 Å². The van der Waals surface area contributed by atoms with Crippen LogP contribution in [-0.2, 0) is 19.9 Å². The fraction of sp³-hybridized carbons (Fsp3) is 0.333. The molecular weight excluding hydrogens is 300 g/mol. The monoisotopic (exact) mass is 316 g/mol. The van der Waals surface area contributed by atoms with Crippen LogP contribution in [0.15, 0.2) is 24.3 Å². The maximum Gasteiger partial charge on any atom is 0.233 e. The molecule has 3 N–H and O–H groups in total. The second-order valence-corrected chi connectivity index (χ2v) is 8.24. The lowest BCUT2D eigenvalue weighted by atomic mass is 10.2. The van der Waals surface area contributed by atoms with Gasteiger partial charge in [0, 0.05) is 17.5 Å². The van der Waals surface area contributed by atoms with Gasteiger partial charge in [-0.3, -0.25) is 4.72 Å². The summed E-state index contributed by atoms with van der Waals surface area (Å²) < 4.78 is 47.6. The molecule has 6 nitrogen and oxygen atoms in total. The van der Waals surface area contributed by atoms with Crippen LogP contribution in [0.3, 0.4) is 0 Å². The normalized spacial score (nSPS) is 11.5. The molecule has 1 aromatic rings. The SMILES string of the molecule is CS(=O)(=O)CCS(=O)(=O)Nc1ccc(C#CCN)cc1. The third-order valence-electron chi connectivity index (χ3n) is 2.22. The summed E-state index contributed by atoms with van der Waals surface area (Å²) >= 11 is 0. The molecule has 0 atom stereocenters. The van der Waals surface area contributed by atoms with Gasteiger partial charge in [0.05, 0.1) is 18.1 Å². The Morgan fingerprint density at radius 3 is 2.20 bits per heavy atom. The van der Waals surface area contributed by atoms with Gasteiger partial charge >= 0.3 is 0 Å². The third-order valence-corrected chi connectivity index (χ3v) is 4.71. The summed E-state index contributed by atoms with van der Waals surface area (Å²) in [6.45, 7) is 0.250. The van der Waals surface area contributed by atoms with Crippen molar-refractivity contribution in [3.63, 3.8) is 0 Å². The number of rotatable bonds is 5. The molecule has 0 fully saturated rings. The number of sulfone groups is 1. The van der Waals surface area contributed by atoms with Gasteiger partial charge in [-0.1, -0.05) is 11.8 Å². The number of nitrogens with two attached hydrogens (primary N) is 1. The predicted octanol–water partition coefficient (Wildman–Crippen LogP) is -0.217. The van der Waals surface area contributed by atoms with Crippen molar-refractivity contribution in [3.05, 3.63) is 29.8 Å². The van der Waals surface area contributed by atoms with Gasteiger partial charge in [0.15, 0.2) is 0 Å². The molecule has 0 aromatic heterocycles. The van der Waals surface area contributed by atoms with Gasteiger partial charge in [-0.25, -0.2) is 16.8 Å². The van der Waals surface area contributed by atoms with E-state index in [1.54, 1.807) is 24.3 Å². The molecular formula is C12H16N2O4S2. The summed E-state index contributed by atoms with van der Waals surface area (Å²) in [5.41, 5.74) is 6.32. The zero-order valence-corrected chi connectivity index (χ0v) is 12.6. The smallest absolute Gasteiger partial charge is 0.233 e. The molecule has 0 saturated carbocycles.